The molecule has 0 aromatic rings. The van der Waals surface area contributed by atoms with Crippen molar-refractivity contribution in [1.29, 1.82) is 0 Å². The Hall–Kier alpha value is -0.200. The molecule has 0 aliphatic rings. The smallest absolute Gasteiger partial charge is 0.185 e. The molecule has 0 saturated carbocycles. The van der Waals surface area contributed by atoms with Gasteiger partial charge in [-0.05, 0) is 12.8 Å². The standard InChI is InChI=1S/C31H64O5/c1-3-5-7-9-11-13-15-17-19-21-23-25-27-35-30(33)29(32)31(34)36-28-26-24-22-20-18-16-14-12-10-8-6-4-2/h29-34H,3-28H2,1-2H3. The topological polar surface area (TPSA) is 79.2 Å². The molecule has 0 aromatic carbocycles. The third kappa shape index (κ3) is 25.4. The highest BCUT2D eigenvalue weighted by molar-refractivity contribution is 4.62. The zero-order valence-corrected chi connectivity index (χ0v) is 24.3. The lowest BCUT2D eigenvalue weighted by atomic mass is 10.1. The number of ether oxygens (including phenoxy) is 2. The molecule has 0 rings (SSSR count). The Labute approximate surface area is 224 Å². The van der Waals surface area contributed by atoms with Crippen LogP contribution in [0.1, 0.15) is 168 Å². The molecule has 0 aromatic heterocycles. The van der Waals surface area contributed by atoms with Crippen LogP contribution < -0.4 is 0 Å². The van der Waals surface area contributed by atoms with Crippen LogP contribution in [-0.4, -0.2) is 47.2 Å². The lowest BCUT2D eigenvalue weighted by Gasteiger charge is -2.23. The zero-order valence-electron chi connectivity index (χ0n) is 24.3. The first-order chi connectivity index (χ1) is 17.6. The molecule has 36 heavy (non-hydrogen) atoms. The van der Waals surface area contributed by atoms with E-state index in [2.05, 4.69) is 13.8 Å². The van der Waals surface area contributed by atoms with Crippen LogP contribution in [-0.2, 0) is 9.47 Å². The van der Waals surface area contributed by atoms with Crippen molar-refractivity contribution < 1.29 is 24.8 Å². The third-order valence-corrected chi connectivity index (χ3v) is 7.16. The SMILES string of the molecule is CCCCCCCCCCCCCCOC(O)C(O)C(O)OCCCCCCCCCCCCCC. The van der Waals surface area contributed by atoms with Crippen LogP contribution in [0.2, 0.25) is 0 Å². The Morgan fingerprint density at radius 2 is 0.583 bits per heavy atom. The largest absolute Gasteiger partial charge is 0.382 e. The van der Waals surface area contributed by atoms with E-state index in [0.29, 0.717) is 13.2 Å². The van der Waals surface area contributed by atoms with Gasteiger partial charge in [0.05, 0.1) is 0 Å². The molecule has 5 heteroatoms. The fourth-order valence-corrected chi connectivity index (χ4v) is 4.63. The highest BCUT2D eigenvalue weighted by atomic mass is 16.6. The molecule has 2 atom stereocenters. The maximum absolute atomic E-state index is 10.0. The number of aliphatic hydroxyl groups is 3. The summed E-state index contributed by atoms with van der Waals surface area (Å²) in [4.78, 5) is 0. The molecule has 5 nitrogen and oxygen atoms in total. The molecule has 0 amide bonds. The molecule has 0 bridgehead atoms. The van der Waals surface area contributed by atoms with Crippen molar-refractivity contribution in [3.8, 4) is 0 Å². The van der Waals surface area contributed by atoms with Gasteiger partial charge in [-0.2, -0.15) is 0 Å². The second kappa shape index (κ2) is 29.4. The first kappa shape index (κ1) is 35.8. The summed E-state index contributed by atoms with van der Waals surface area (Å²) >= 11 is 0. The van der Waals surface area contributed by atoms with Crippen molar-refractivity contribution >= 4 is 0 Å². The van der Waals surface area contributed by atoms with Crippen LogP contribution in [0.25, 0.3) is 0 Å². The number of hydrogen-bond acceptors (Lipinski definition) is 5. The van der Waals surface area contributed by atoms with Crippen LogP contribution in [0.15, 0.2) is 0 Å². The van der Waals surface area contributed by atoms with Crippen LogP contribution in [0.3, 0.4) is 0 Å². The van der Waals surface area contributed by atoms with Gasteiger partial charge < -0.3 is 24.8 Å². The van der Waals surface area contributed by atoms with Crippen LogP contribution in [0.5, 0.6) is 0 Å². The van der Waals surface area contributed by atoms with Crippen LogP contribution >= 0.6 is 0 Å². The Bertz CT molecular complexity index is 370. The minimum atomic E-state index is -1.43. The number of unbranched alkanes of at least 4 members (excludes halogenated alkanes) is 22. The Kier molecular flexibility index (Phi) is 29.2. The highest BCUT2D eigenvalue weighted by Gasteiger charge is 2.25. The van der Waals surface area contributed by atoms with E-state index in [4.69, 9.17) is 9.47 Å². The average molecular weight is 517 g/mol. The van der Waals surface area contributed by atoms with Gasteiger partial charge in [0.15, 0.2) is 18.7 Å². The minimum absolute atomic E-state index is 0.390. The van der Waals surface area contributed by atoms with Gasteiger partial charge >= 0.3 is 0 Å². The summed E-state index contributed by atoms with van der Waals surface area (Å²) in [6.45, 7) is 5.29. The summed E-state index contributed by atoms with van der Waals surface area (Å²) in [6.07, 6.45) is 26.2. The zero-order chi connectivity index (χ0) is 26.5. The maximum atomic E-state index is 10.0. The second-order valence-corrected chi connectivity index (χ2v) is 10.8. The van der Waals surface area contributed by atoms with Crippen LogP contribution in [0.4, 0.5) is 0 Å². The van der Waals surface area contributed by atoms with Crippen molar-refractivity contribution in [1.82, 2.24) is 0 Å². The second-order valence-electron chi connectivity index (χ2n) is 10.8. The normalized spacial score (nSPS) is 14.2. The summed E-state index contributed by atoms with van der Waals surface area (Å²) in [5.41, 5.74) is 0. The predicted octanol–water partition coefficient (Wildman–Crippen LogP) is 8.42. The fraction of sp³-hybridized carbons (Fsp3) is 1.00. The molecule has 3 N–H and O–H groups in total. The van der Waals surface area contributed by atoms with E-state index in [1.54, 1.807) is 0 Å². The molecule has 0 saturated heterocycles. The molecular weight excluding hydrogens is 452 g/mol. The highest BCUT2D eigenvalue weighted by Crippen LogP contribution is 2.14. The quantitative estimate of drug-likeness (QED) is 0.0659. The Morgan fingerprint density at radius 1 is 0.361 bits per heavy atom. The van der Waals surface area contributed by atoms with Crippen molar-refractivity contribution in [2.75, 3.05) is 13.2 Å². The summed E-state index contributed by atoms with van der Waals surface area (Å²) in [6, 6.07) is 0. The van der Waals surface area contributed by atoms with E-state index in [-0.39, 0.29) is 0 Å². The van der Waals surface area contributed by atoms with Gasteiger partial charge in [-0.3, -0.25) is 0 Å². The number of hydrogen-bond donors (Lipinski definition) is 3. The van der Waals surface area contributed by atoms with E-state index in [1.165, 1.54) is 128 Å². The van der Waals surface area contributed by atoms with Gasteiger partial charge in [-0.1, -0.05) is 155 Å². The van der Waals surface area contributed by atoms with E-state index < -0.39 is 18.7 Å². The molecule has 0 aliphatic heterocycles. The first-order valence-electron chi connectivity index (χ1n) is 15.9. The van der Waals surface area contributed by atoms with Crippen molar-refractivity contribution in [2.45, 2.75) is 187 Å². The molecule has 0 spiro atoms. The maximum Gasteiger partial charge on any atom is 0.185 e. The van der Waals surface area contributed by atoms with Crippen molar-refractivity contribution in [3.63, 3.8) is 0 Å². The molecule has 0 aliphatic carbocycles. The lowest BCUT2D eigenvalue weighted by molar-refractivity contribution is -0.245. The Balaban J connectivity index is 3.42. The van der Waals surface area contributed by atoms with Gasteiger partial charge in [0, 0.05) is 13.2 Å². The molecule has 2 unspecified atom stereocenters. The predicted molar refractivity (Wildman–Crippen MR) is 152 cm³/mol. The fourth-order valence-electron chi connectivity index (χ4n) is 4.63. The Morgan fingerprint density at radius 3 is 0.833 bits per heavy atom. The first-order valence-corrected chi connectivity index (χ1v) is 15.9. The van der Waals surface area contributed by atoms with E-state index in [9.17, 15) is 15.3 Å². The monoisotopic (exact) mass is 516 g/mol. The van der Waals surface area contributed by atoms with Crippen LogP contribution in [0, 0.1) is 0 Å². The summed E-state index contributed by atoms with van der Waals surface area (Å²) in [5.74, 6) is 0. The molecule has 0 radical (unpaired) electrons. The van der Waals surface area contributed by atoms with Crippen molar-refractivity contribution in [2.24, 2.45) is 0 Å². The summed E-state index contributed by atoms with van der Waals surface area (Å²) in [7, 11) is 0. The van der Waals surface area contributed by atoms with Gasteiger partial charge in [-0.15, -0.1) is 0 Å². The summed E-state index contributed by atoms with van der Waals surface area (Å²) < 4.78 is 10.6. The molecular formula is C31H64O5. The third-order valence-electron chi connectivity index (χ3n) is 7.16. The molecule has 218 valence electrons. The van der Waals surface area contributed by atoms with E-state index >= 15 is 0 Å². The molecule has 0 heterocycles. The van der Waals surface area contributed by atoms with E-state index in [1.807, 2.05) is 0 Å². The van der Waals surface area contributed by atoms with Gasteiger partial charge in [0.2, 0.25) is 0 Å². The number of aliphatic hydroxyl groups excluding tert-OH is 3. The molecule has 0 fully saturated rings. The van der Waals surface area contributed by atoms with E-state index in [0.717, 1.165) is 25.7 Å². The average Bonchev–Trinajstić information content (AvgIpc) is 2.88. The van der Waals surface area contributed by atoms with Gasteiger partial charge in [0.25, 0.3) is 0 Å². The minimum Gasteiger partial charge on any atom is -0.382 e. The lowest BCUT2D eigenvalue weighted by Crippen LogP contribution is -2.40. The van der Waals surface area contributed by atoms with Gasteiger partial charge in [-0.25, -0.2) is 0 Å². The number of rotatable bonds is 30. The van der Waals surface area contributed by atoms with Gasteiger partial charge in [0.1, 0.15) is 0 Å². The summed E-state index contributed by atoms with van der Waals surface area (Å²) in [5, 5.41) is 29.9. The van der Waals surface area contributed by atoms with Crippen molar-refractivity contribution in [3.05, 3.63) is 0 Å².